The van der Waals surface area contributed by atoms with Gasteiger partial charge in [-0.05, 0) is 7.05 Å². The number of nitrogens with zero attached hydrogens (tertiary/aromatic N) is 2. The quantitative estimate of drug-likeness (QED) is 0.924. The van der Waals surface area contributed by atoms with Crippen molar-refractivity contribution in [2.24, 2.45) is 0 Å². The first kappa shape index (κ1) is 14.2. The van der Waals surface area contributed by atoms with E-state index in [4.69, 9.17) is 4.98 Å². The number of anilines is 1. The van der Waals surface area contributed by atoms with Crippen LogP contribution in [0.4, 0.5) is 5.13 Å². The van der Waals surface area contributed by atoms with Crippen molar-refractivity contribution in [3.63, 3.8) is 0 Å². The number of thioether (sulfide) groups is 1. The molecule has 0 aliphatic carbocycles. The number of hydrogen-bond acceptors (Lipinski definition) is 5. The fourth-order valence-corrected chi connectivity index (χ4v) is 4.33. The van der Waals surface area contributed by atoms with Crippen LogP contribution in [0.3, 0.4) is 0 Å². The largest absolute Gasteiger partial charge is 0.346 e. The Bertz CT molecular complexity index is 389. The molecule has 0 radical (unpaired) electrons. The van der Waals surface area contributed by atoms with Crippen LogP contribution >= 0.6 is 23.1 Å². The molecule has 0 amide bonds. The van der Waals surface area contributed by atoms with Gasteiger partial charge in [0.1, 0.15) is 0 Å². The second-order valence-corrected chi connectivity index (χ2v) is 7.93. The molecule has 2 heterocycles. The zero-order valence-electron chi connectivity index (χ0n) is 11.7. The molecular formula is C13H23N3S2. The van der Waals surface area contributed by atoms with Crippen molar-refractivity contribution in [1.29, 1.82) is 0 Å². The molecule has 0 aromatic carbocycles. The van der Waals surface area contributed by atoms with Crippen LogP contribution in [0.5, 0.6) is 0 Å². The third kappa shape index (κ3) is 3.19. The molecule has 3 nitrogen and oxygen atoms in total. The number of aromatic nitrogens is 1. The topological polar surface area (TPSA) is 28.2 Å². The van der Waals surface area contributed by atoms with E-state index in [1.54, 1.807) is 0 Å². The van der Waals surface area contributed by atoms with Gasteiger partial charge >= 0.3 is 0 Å². The third-order valence-corrected chi connectivity index (χ3v) is 5.07. The minimum atomic E-state index is 0.130. The van der Waals surface area contributed by atoms with Crippen molar-refractivity contribution >= 4 is 28.2 Å². The Morgan fingerprint density at radius 2 is 1.94 bits per heavy atom. The smallest absolute Gasteiger partial charge is 0.185 e. The fraction of sp³-hybridized carbons (Fsp3) is 0.769. The van der Waals surface area contributed by atoms with Gasteiger partial charge in [-0.2, -0.15) is 11.8 Å². The molecule has 1 N–H and O–H groups in total. The molecule has 1 aromatic heterocycles. The number of rotatable bonds is 3. The molecule has 0 saturated carbocycles. The van der Waals surface area contributed by atoms with E-state index in [0.717, 1.165) is 19.6 Å². The van der Waals surface area contributed by atoms with E-state index in [2.05, 4.69) is 31.0 Å². The summed E-state index contributed by atoms with van der Waals surface area (Å²) in [5.41, 5.74) is 1.39. The van der Waals surface area contributed by atoms with Crippen LogP contribution in [0.1, 0.15) is 31.3 Å². The molecule has 1 aromatic rings. The maximum atomic E-state index is 4.92. The van der Waals surface area contributed by atoms with Crippen LogP contribution in [-0.4, -0.2) is 36.6 Å². The summed E-state index contributed by atoms with van der Waals surface area (Å²) in [5.74, 6) is 2.46. The minimum absolute atomic E-state index is 0.130. The SMILES string of the molecule is CNCc1sc(N2CCSCC2)nc1C(C)(C)C. The van der Waals surface area contributed by atoms with Gasteiger partial charge in [-0.1, -0.05) is 20.8 Å². The van der Waals surface area contributed by atoms with Crippen LogP contribution in [0.25, 0.3) is 0 Å². The molecule has 0 atom stereocenters. The highest BCUT2D eigenvalue weighted by Gasteiger charge is 2.25. The Labute approximate surface area is 118 Å². The summed E-state index contributed by atoms with van der Waals surface area (Å²) in [5, 5.41) is 4.47. The van der Waals surface area contributed by atoms with Gasteiger partial charge in [0.05, 0.1) is 5.69 Å². The zero-order chi connectivity index (χ0) is 13.2. The first-order chi connectivity index (χ1) is 8.52. The highest BCUT2D eigenvalue weighted by molar-refractivity contribution is 7.99. The average Bonchev–Trinajstić information content (AvgIpc) is 2.75. The zero-order valence-corrected chi connectivity index (χ0v) is 13.4. The number of hydrogen-bond donors (Lipinski definition) is 1. The summed E-state index contributed by atoms with van der Waals surface area (Å²) >= 11 is 3.90. The van der Waals surface area contributed by atoms with Gasteiger partial charge in [0.2, 0.25) is 0 Å². The van der Waals surface area contributed by atoms with Gasteiger partial charge < -0.3 is 10.2 Å². The number of nitrogens with one attached hydrogen (secondary N) is 1. The van der Waals surface area contributed by atoms with E-state index in [0.29, 0.717) is 0 Å². The Kier molecular flexibility index (Phi) is 4.56. The number of thiazole rings is 1. The maximum Gasteiger partial charge on any atom is 0.185 e. The lowest BCUT2D eigenvalue weighted by atomic mass is 9.91. The Balaban J connectivity index is 2.26. The monoisotopic (exact) mass is 285 g/mol. The van der Waals surface area contributed by atoms with E-state index >= 15 is 0 Å². The predicted molar refractivity (Wildman–Crippen MR) is 83.1 cm³/mol. The summed E-state index contributed by atoms with van der Waals surface area (Å²) in [6.07, 6.45) is 0. The Hall–Kier alpha value is -0.260. The fourth-order valence-electron chi connectivity index (χ4n) is 2.10. The second-order valence-electron chi connectivity index (χ2n) is 5.65. The Morgan fingerprint density at radius 3 is 2.50 bits per heavy atom. The van der Waals surface area contributed by atoms with Crippen molar-refractivity contribution in [3.8, 4) is 0 Å². The van der Waals surface area contributed by atoms with E-state index in [-0.39, 0.29) is 5.41 Å². The van der Waals surface area contributed by atoms with Crippen LogP contribution in [0.2, 0.25) is 0 Å². The summed E-state index contributed by atoms with van der Waals surface area (Å²) in [6, 6.07) is 0. The van der Waals surface area contributed by atoms with Crippen molar-refractivity contribution in [2.45, 2.75) is 32.7 Å². The molecule has 1 fully saturated rings. The van der Waals surface area contributed by atoms with Crippen molar-refractivity contribution in [3.05, 3.63) is 10.6 Å². The van der Waals surface area contributed by atoms with E-state index in [9.17, 15) is 0 Å². The molecular weight excluding hydrogens is 262 g/mol. The molecule has 0 spiro atoms. The maximum absolute atomic E-state index is 4.92. The highest BCUT2D eigenvalue weighted by atomic mass is 32.2. The van der Waals surface area contributed by atoms with Crippen molar-refractivity contribution in [2.75, 3.05) is 36.5 Å². The van der Waals surface area contributed by atoms with E-state index in [1.807, 2.05) is 30.1 Å². The van der Waals surface area contributed by atoms with Gasteiger partial charge in [0.25, 0.3) is 0 Å². The van der Waals surface area contributed by atoms with Gasteiger partial charge in [-0.25, -0.2) is 4.98 Å². The lowest BCUT2D eigenvalue weighted by Crippen LogP contribution is -2.32. The molecule has 1 saturated heterocycles. The molecule has 1 aliphatic heterocycles. The third-order valence-electron chi connectivity index (χ3n) is 3.02. The van der Waals surface area contributed by atoms with Crippen LogP contribution in [0.15, 0.2) is 0 Å². The molecule has 102 valence electrons. The van der Waals surface area contributed by atoms with Gasteiger partial charge in [0.15, 0.2) is 5.13 Å². The summed E-state index contributed by atoms with van der Waals surface area (Å²) < 4.78 is 0. The van der Waals surface area contributed by atoms with Crippen molar-refractivity contribution < 1.29 is 0 Å². The lowest BCUT2D eigenvalue weighted by Gasteiger charge is -2.25. The van der Waals surface area contributed by atoms with E-state index in [1.165, 1.54) is 27.2 Å². The summed E-state index contributed by atoms with van der Waals surface area (Å²) in [6.45, 7) is 9.94. The lowest BCUT2D eigenvalue weighted by molar-refractivity contribution is 0.562. The minimum Gasteiger partial charge on any atom is -0.346 e. The van der Waals surface area contributed by atoms with E-state index < -0.39 is 0 Å². The predicted octanol–water partition coefficient (Wildman–Crippen LogP) is 2.71. The van der Waals surface area contributed by atoms with Crippen LogP contribution < -0.4 is 10.2 Å². The molecule has 5 heteroatoms. The summed E-state index contributed by atoms with van der Waals surface area (Å²) in [7, 11) is 2.00. The molecule has 0 bridgehead atoms. The molecule has 2 rings (SSSR count). The highest BCUT2D eigenvalue weighted by Crippen LogP contribution is 2.34. The van der Waals surface area contributed by atoms with Gasteiger partial charge in [0, 0.05) is 41.4 Å². The first-order valence-corrected chi connectivity index (χ1v) is 8.47. The van der Waals surface area contributed by atoms with Gasteiger partial charge in [-0.15, -0.1) is 11.3 Å². The van der Waals surface area contributed by atoms with Crippen molar-refractivity contribution in [1.82, 2.24) is 10.3 Å². The molecule has 18 heavy (non-hydrogen) atoms. The van der Waals surface area contributed by atoms with Crippen LogP contribution in [-0.2, 0) is 12.0 Å². The normalized spacial score (nSPS) is 17.2. The van der Waals surface area contributed by atoms with Gasteiger partial charge in [-0.3, -0.25) is 0 Å². The second kappa shape index (κ2) is 5.80. The van der Waals surface area contributed by atoms with Crippen LogP contribution in [0, 0.1) is 0 Å². The Morgan fingerprint density at radius 1 is 1.28 bits per heavy atom. The molecule has 1 aliphatic rings. The first-order valence-electron chi connectivity index (χ1n) is 6.50. The summed E-state index contributed by atoms with van der Waals surface area (Å²) in [4.78, 5) is 8.75. The standard InChI is InChI=1S/C13H23N3S2/c1-13(2,3)11-10(9-14-4)18-12(15-11)16-5-7-17-8-6-16/h14H,5-9H2,1-4H3. The molecule has 0 unspecified atom stereocenters. The average molecular weight is 285 g/mol.